The maximum Gasteiger partial charge on any atom is 0.417 e. The number of halogens is 4. The minimum Gasteiger partial charge on any atom is -0.353 e. The highest BCUT2D eigenvalue weighted by Crippen LogP contribution is 2.38. The molecule has 1 aromatic carbocycles. The summed E-state index contributed by atoms with van der Waals surface area (Å²) >= 11 is 5.76. The average molecular weight is 592 g/mol. The molecule has 3 aromatic rings. The standard InChI is InChI=1S/C28H33ClF3N7O2/c1-14(2)33-27-35-23-13-38(25(40)18-7-10-22(29)21(12-18)28(30,31)32)15(3)11-20(23)26(41)39(27)19-8-5-17(6-9-19)24-34-16(4)36-37-24/h7,10,12,14-15,17,19H,5-6,8-9,11,13H2,1-4H3,(H,33,35)(H,34,36,37)/t15-,17-,19-/m1/s1. The molecule has 1 fully saturated rings. The summed E-state index contributed by atoms with van der Waals surface area (Å²) < 4.78 is 42.1. The van der Waals surface area contributed by atoms with E-state index in [1.165, 1.54) is 11.0 Å². The van der Waals surface area contributed by atoms with Crippen molar-refractivity contribution < 1.29 is 18.0 Å². The number of anilines is 1. The molecule has 1 amide bonds. The molecule has 2 aromatic heterocycles. The number of nitrogens with zero attached hydrogens (tertiary/aromatic N) is 5. The molecule has 1 atom stereocenters. The molecule has 9 nitrogen and oxygen atoms in total. The van der Waals surface area contributed by atoms with Gasteiger partial charge in [0, 0.05) is 35.2 Å². The molecule has 13 heteroatoms. The molecule has 220 valence electrons. The van der Waals surface area contributed by atoms with Gasteiger partial charge < -0.3 is 15.2 Å². The summed E-state index contributed by atoms with van der Waals surface area (Å²) in [6.45, 7) is 7.58. The van der Waals surface area contributed by atoms with Crippen molar-refractivity contribution in [2.75, 3.05) is 5.32 Å². The first-order valence-corrected chi connectivity index (χ1v) is 14.2. The first kappa shape index (κ1) is 29.1. The predicted molar refractivity (Wildman–Crippen MR) is 148 cm³/mol. The number of aryl methyl sites for hydroxylation is 1. The van der Waals surface area contributed by atoms with Crippen molar-refractivity contribution in [2.24, 2.45) is 0 Å². The fraction of sp³-hybridized carbons (Fsp3) is 0.536. The van der Waals surface area contributed by atoms with E-state index < -0.39 is 28.7 Å². The van der Waals surface area contributed by atoms with E-state index in [1.54, 1.807) is 11.5 Å². The summed E-state index contributed by atoms with van der Waals surface area (Å²) in [5.74, 6) is 1.77. The zero-order valence-electron chi connectivity index (χ0n) is 23.3. The van der Waals surface area contributed by atoms with Crippen molar-refractivity contribution in [2.45, 2.75) is 96.6 Å². The van der Waals surface area contributed by atoms with Gasteiger partial charge in [-0.25, -0.2) is 4.98 Å². The second-order valence-electron chi connectivity index (χ2n) is 11.3. The second kappa shape index (κ2) is 11.1. The van der Waals surface area contributed by atoms with Crippen molar-refractivity contribution in [3.63, 3.8) is 0 Å². The van der Waals surface area contributed by atoms with Gasteiger partial charge >= 0.3 is 6.18 Å². The highest BCUT2D eigenvalue weighted by atomic mass is 35.5. The molecule has 0 radical (unpaired) electrons. The Hall–Kier alpha value is -3.41. The van der Waals surface area contributed by atoms with Gasteiger partial charge in [-0.2, -0.15) is 13.2 Å². The lowest BCUT2D eigenvalue weighted by atomic mass is 9.85. The van der Waals surface area contributed by atoms with E-state index in [1.807, 2.05) is 20.8 Å². The normalized spacial score (nSPS) is 21.2. The first-order valence-electron chi connectivity index (χ1n) is 13.8. The van der Waals surface area contributed by atoms with E-state index in [2.05, 4.69) is 20.5 Å². The van der Waals surface area contributed by atoms with Crippen LogP contribution in [0.3, 0.4) is 0 Å². The van der Waals surface area contributed by atoms with Gasteiger partial charge in [0.2, 0.25) is 5.95 Å². The maximum absolute atomic E-state index is 14.0. The molecule has 5 rings (SSSR count). The van der Waals surface area contributed by atoms with Crippen LogP contribution in [0.5, 0.6) is 0 Å². The minimum absolute atomic E-state index is 0.00480. The molecule has 2 N–H and O–H groups in total. The predicted octanol–water partition coefficient (Wildman–Crippen LogP) is 5.65. The monoisotopic (exact) mass is 591 g/mol. The van der Waals surface area contributed by atoms with E-state index in [9.17, 15) is 22.8 Å². The number of hydrogen-bond donors (Lipinski definition) is 2. The number of benzene rings is 1. The van der Waals surface area contributed by atoms with Crippen LogP contribution in [0.2, 0.25) is 5.02 Å². The Morgan fingerprint density at radius 3 is 2.49 bits per heavy atom. The third-order valence-electron chi connectivity index (χ3n) is 7.91. The maximum atomic E-state index is 14.0. The van der Waals surface area contributed by atoms with Gasteiger partial charge in [-0.15, -0.1) is 10.2 Å². The average Bonchev–Trinajstić information content (AvgIpc) is 3.34. The molecule has 0 bridgehead atoms. The number of alkyl halides is 3. The van der Waals surface area contributed by atoms with Gasteiger partial charge in [0.25, 0.3) is 11.5 Å². The highest BCUT2D eigenvalue weighted by molar-refractivity contribution is 6.31. The zero-order chi connectivity index (χ0) is 29.6. The zero-order valence-corrected chi connectivity index (χ0v) is 24.1. The molecule has 3 heterocycles. The van der Waals surface area contributed by atoms with Crippen LogP contribution in [0.25, 0.3) is 0 Å². The van der Waals surface area contributed by atoms with E-state index in [0.29, 0.717) is 17.2 Å². The summed E-state index contributed by atoms with van der Waals surface area (Å²) in [6.07, 6.45) is -1.19. The van der Waals surface area contributed by atoms with Crippen LogP contribution in [-0.4, -0.2) is 47.6 Å². The number of carbonyl (C=O) groups excluding carboxylic acids is 1. The molecule has 2 aliphatic rings. The lowest BCUT2D eigenvalue weighted by Gasteiger charge is -2.36. The third kappa shape index (κ3) is 5.84. The Bertz CT molecular complexity index is 1510. The van der Waals surface area contributed by atoms with Crippen molar-refractivity contribution in [3.8, 4) is 0 Å². The molecule has 1 saturated carbocycles. The lowest BCUT2D eigenvalue weighted by Crippen LogP contribution is -2.46. The number of aromatic amines is 1. The fourth-order valence-electron chi connectivity index (χ4n) is 5.84. The third-order valence-corrected chi connectivity index (χ3v) is 8.24. The lowest BCUT2D eigenvalue weighted by molar-refractivity contribution is -0.137. The summed E-state index contributed by atoms with van der Waals surface area (Å²) in [5.41, 5.74) is -0.327. The summed E-state index contributed by atoms with van der Waals surface area (Å²) in [6, 6.07) is 2.68. The van der Waals surface area contributed by atoms with E-state index in [0.717, 1.165) is 49.5 Å². The van der Waals surface area contributed by atoms with Crippen LogP contribution in [0.15, 0.2) is 23.0 Å². The number of hydrogen-bond acceptors (Lipinski definition) is 6. The number of H-pyrrole nitrogens is 1. The number of nitrogens with one attached hydrogen (secondary N) is 2. The van der Waals surface area contributed by atoms with Crippen LogP contribution in [0.4, 0.5) is 19.1 Å². The van der Waals surface area contributed by atoms with E-state index in [4.69, 9.17) is 16.6 Å². The van der Waals surface area contributed by atoms with Gasteiger partial charge in [-0.05, 0) is 78.0 Å². The minimum atomic E-state index is -4.69. The number of fused-ring (bicyclic) bond motifs is 1. The Balaban J connectivity index is 1.44. The van der Waals surface area contributed by atoms with Crippen molar-refractivity contribution in [1.29, 1.82) is 0 Å². The van der Waals surface area contributed by atoms with Crippen LogP contribution >= 0.6 is 11.6 Å². The SMILES string of the molecule is Cc1nnc([C@H]2CC[C@H](n3c(NC(C)C)nc4c(c3=O)C[C@@H](C)N(C(=O)c3ccc(Cl)c(C(F)(F)F)c3)C4)CC2)[nH]1. The Kier molecular flexibility index (Phi) is 7.88. The molecule has 0 unspecified atom stereocenters. The summed E-state index contributed by atoms with van der Waals surface area (Å²) in [7, 11) is 0. The van der Waals surface area contributed by atoms with Gasteiger partial charge in [0.1, 0.15) is 11.6 Å². The van der Waals surface area contributed by atoms with Crippen LogP contribution in [0.1, 0.15) is 97.2 Å². The number of aromatic nitrogens is 5. The number of rotatable bonds is 5. The smallest absolute Gasteiger partial charge is 0.353 e. The van der Waals surface area contributed by atoms with Gasteiger partial charge in [0.05, 0.1) is 22.8 Å². The van der Waals surface area contributed by atoms with Crippen molar-refractivity contribution >= 4 is 23.5 Å². The highest BCUT2D eigenvalue weighted by Gasteiger charge is 2.37. The van der Waals surface area contributed by atoms with Gasteiger partial charge in [0.15, 0.2) is 0 Å². The number of amides is 1. The topological polar surface area (TPSA) is 109 Å². The van der Waals surface area contributed by atoms with E-state index in [-0.39, 0.29) is 42.1 Å². The molecule has 1 aliphatic heterocycles. The molecule has 0 saturated heterocycles. The molecular weight excluding hydrogens is 559 g/mol. The second-order valence-corrected chi connectivity index (χ2v) is 11.7. The summed E-state index contributed by atoms with van der Waals surface area (Å²) in [4.78, 5) is 36.9. The van der Waals surface area contributed by atoms with Crippen molar-refractivity contribution in [1.82, 2.24) is 29.6 Å². The van der Waals surface area contributed by atoms with Crippen LogP contribution in [-0.2, 0) is 19.1 Å². The summed E-state index contributed by atoms with van der Waals surface area (Å²) in [5, 5.41) is 11.2. The van der Waals surface area contributed by atoms with Gasteiger partial charge in [-0.1, -0.05) is 11.6 Å². The largest absolute Gasteiger partial charge is 0.417 e. The van der Waals surface area contributed by atoms with Crippen molar-refractivity contribution in [3.05, 3.63) is 67.6 Å². The molecule has 0 spiro atoms. The van der Waals surface area contributed by atoms with Crippen LogP contribution in [0, 0.1) is 6.92 Å². The van der Waals surface area contributed by atoms with Gasteiger partial charge in [-0.3, -0.25) is 14.2 Å². The number of carbonyl (C=O) groups is 1. The molecule has 1 aliphatic carbocycles. The quantitative estimate of drug-likeness (QED) is 0.397. The Morgan fingerprint density at radius 2 is 1.88 bits per heavy atom. The molecule has 41 heavy (non-hydrogen) atoms. The Labute approximate surface area is 240 Å². The van der Waals surface area contributed by atoms with E-state index >= 15 is 0 Å². The Morgan fingerprint density at radius 1 is 1.17 bits per heavy atom. The molecular formula is C28H33ClF3N7O2. The first-order chi connectivity index (χ1) is 19.3. The van der Waals surface area contributed by atoms with Crippen LogP contribution < -0.4 is 10.9 Å². The fourth-order valence-corrected chi connectivity index (χ4v) is 6.07.